The van der Waals surface area contributed by atoms with Crippen LogP contribution in [-0.2, 0) is 4.74 Å². The van der Waals surface area contributed by atoms with Gasteiger partial charge in [-0.05, 0) is 37.2 Å². The summed E-state index contributed by atoms with van der Waals surface area (Å²) in [6.45, 7) is 5.98. The molecule has 0 unspecified atom stereocenters. The topological polar surface area (TPSA) is 90.2 Å². The average molecular weight is 483 g/mol. The molecule has 8 nitrogen and oxygen atoms in total. The van der Waals surface area contributed by atoms with Gasteiger partial charge in [-0.15, -0.1) is 0 Å². The predicted molar refractivity (Wildman–Crippen MR) is 141 cm³/mol. The van der Waals surface area contributed by atoms with Gasteiger partial charge in [-0.3, -0.25) is 9.69 Å². The molecule has 1 aliphatic rings. The second-order valence-corrected chi connectivity index (χ2v) is 9.34. The highest BCUT2D eigenvalue weighted by Crippen LogP contribution is 2.30. The highest BCUT2D eigenvalue weighted by atomic mass is 16.5. The average Bonchev–Trinajstić information content (AvgIpc) is 3.31. The Bertz CT molecular complexity index is 1460. The van der Waals surface area contributed by atoms with Crippen LogP contribution in [0.2, 0.25) is 0 Å². The first-order chi connectivity index (χ1) is 17.5. The largest absolute Gasteiger partial charge is 0.378 e. The third-order valence-electron chi connectivity index (χ3n) is 6.74. The van der Waals surface area contributed by atoms with Crippen LogP contribution in [0.1, 0.15) is 17.2 Å². The van der Waals surface area contributed by atoms with Crippen LogP contribution >= 0.6 is 0 Å². The number of aryl methyl sites for hydroxylation is 1. The lowest BCUT2D eigenvalue weighted by molar-refractivity contribution is 0.122. The van der Waals surface area contributed by atoms with E-state index in [-0.39, 0.29) is 11.6 Å². The Morgan fingerprint density at radius 2 is 2.06 bits per heavy atom. The van der Waals surface area contributed by atoms with Crippen molar-refractivity contribution >= 4 is 16.7 Å². The molecule has 1 aliphatic heterocycles. The van der Waals surface area contributed by atoms with Gasteiger partial charge in [0.25, 0.3) is 5.56 Å². The number of hydrogen-bond donors (Lipinski definition) is 1. The maximum atomic E-state index is 13.5. The minimum Gasteiger partial charge on any atom is -0.378 e. The second-order valence-electron chi connectivity index (χ2n) is 9.34. The number of nitriles is 1. The fourth-order valence-corrected chi connectivity index (χ4v) is 4.85. The monoisotopic (exact) mass is 482 g/mol. The Labute approximate surface area is 210 Å². The number of H-pyrrole nitrogens is 1. The van der Waals surface area contributed by atoms with E-state index in [1.807, 2.05) is 61.7 Å². The van der Waals surface area contributed by atoms with Gasteiger partial charge in [0.15, 0.2) is 0 Å². The van der Waals surface area contributed by atoms with E-state index in [2.05, 4.69) is 33.1 Å². The maximum Gasteiger partial charge on any atom is 0.251 e. The number of benzene rings is 1. The van der Waals surface area contributed by atoms with E-state index in [0.29, 0.717) is 26.3 Å². The van der Waals surface area contributed by atoms with Crippen LogP contribution in [0, 0.1) is 18.3 Å². The van der Waals surface area contributed by atoms with Gasteiger partial charge < -0.3 is 19.2 Å². The number of rotatable bonds is 7. The third-order valence-corrected chi connectivity index (χ3v) is 6.74. The molecule has 1 saturated heterocycles. The fraction of sp³-hybridized carbons (Fsp3) is 0.321. The van der Waals surface area contributed by atoms with Crippen molar-refractivity contribution in [1.29, 1.82) is 5.26 Å². The molecule has 0 saturated carbocycles. The number of fused-ring (bicyclic) bond motifs is 1. The Kier molecular flexibility index (Phi) is 6.85. The Hall–Kier alpha value is -3.93. The minimum absolute atomic E-state index is 0.0870. The molecule has 1 atom stereocenters. The first-order valence-electron chi connectivity index (χ1n) is 12.2. The molecule has 4 aromatic rings. The Morgan fingerprint density at radius 1 is 1.22 bits per heavy atom. The molecule has 1 aromatic carbocycles. The van der Waals surface area contributed by atoms with Crippen molar-refractivity contribution in [2.45, 2.75) is 13.0 Å². The predicted octanol–water partition coefficient (Wildman–Crippen LogP) is 3.58. The molecular formula is C28H30N6O2. The molecule has 1 fully saturated rings. The standard InChI is InChI=1S/C28H30N6O2/c1-20-4-3-5-22(14-20)26(19-32(2)9-7-29)34-8-6-21(15-27(34)35)25-18-31-28-24(25)16-23(17-30-28)33-10-12-36-13-11-33/h3-6,8,14-18,26H,9-13,19H2,1-2H3,(H,30,31)/t26-/m1/s1. The van der Waals surface area contributed by atoms with Gasteiger partial charge in [-0.1, -0.05) is 29.8 Å². The summed E-state index contributed by atoms with van der Waals surface area (Å²) in [4.78, 5) is 25.5. The number of pyridine rings is 2. The molecule has 0 spiro atoms. The van der Waals surface area contributed by atoms with Gasteiger partial charge >= 0.3 is 0 Å². The summed E-state index contributed by atoms with van der Waals surface area (Å²) in [7, 11) is 1.90. The number of nitrogens with one attached hydrogen (secondary N) is 1. The van der Waals surface area contributed by atoms with Crippen molar-refractivity contribution in [1.82, 2.24) is 19.4 Å². The maximum absolute atomic E-state index is 13.5. The summed E-state index contributed by atoms with van der Waals surface area (Å²) < 4.78 is 7.24. The first kappa shape index (κ1) is 23.8. The molecular weight excluding hydrogens is 452 g/mol. The molecule has 4 heterocycles. The zero-order valence-corrected chi connectivity index (χ0v) is 20.6. The van der Waals surface area contributed by atoms with Crippen LogP contribution in [0.3, 0.4) is 0 Å². The van der Waals surface area contributed by atoms with Crippen molar-refractivity contribution < 1.29 is 4.74 Å². The smallest absolute Gasteiger partial charge is 0.251 e. The molecule has 1 N–H and O–H groups in total. The lowest BCUT2D eigenvalue weighted by Crippen LogP contribution is -2.36. The zero-order chi connectivity index (χ0) is 25.1. The van der Waals surface area contributed by atoms with E-state index in [0.717, 1.165) is 52.1 Å². The SMILES string of the molecule is Cc1cccc([C@@H](CN(C)CC#N)n2ccc(-c3c[nH]c4ncc(N5CCOCC5)cc34)cc2=O)c1. The lowest BCUT2D eigenvalue weighted by atomic mass is 10.0. The van der Waals surface area contributed by atoms with Gasteiger partial charge in [0.2, 0.25) is 0 Å². The number of aromatic amines is 1. The Balaban J connectivity index is 1.51. The molecule has 8 heteroatoms. The zero-order valence-electron chi connectivity index (χ0n) is 20.6. The van der Waals surface area contributed by atoms with Gasteiger partial charge in [-0.2, -0.15) is 5.26 Å². The summed E-state index contributed by atoms with van der Waals surface area (Å²) >= 11 is 0. The van der Waals surface area contributed by atoms with Crippen LogP contribution in [0.5, 0.6) is 0 Å². The van der Waals surface area contributed by atoms with Crippen LogP contribution in [-0.4, -0.2) is 65.9 Å². The third kappa shape index (κ3) is 4.89. The summed E-state index contributed by atoms with van der Waals surface area (Å²) in [5.74, 6) is 0. The normalized spacial score (nSPS) is 14.8. The number of nitrogens with zero attached hydrogens (tertiary/aromatic N) is 5. The molecule has 5 rings (SSSR count). The van der Waals surface area contributed by atoms with Crippen LogP contribution in [0.15, 0.2) is 65.8 Å². The molecule has 184 valence electrons. The molecule has 0 bridgehead atoms. The van der Waals surface area contributed by atoms with Crippen molar-refractivity contribution in [3.05, 3.63) is 82.5 Å². The van der Waals surface area contributed by atoms with E-state index in [1.165, 1.54) is 0 Å². The van der Waals surface area contributed by atoms with E-state index >= 15 is 0 Å². The molecule has 3 aromatic heterocycles. The summed E-state index contributed by atoms with van der Waals surface area (Å²) in [6, 6.07) is 16.0. The summed E-state index contributed by atoms with van der Waals surface area (Å²) in [5.41, 5.74) is 5.73. The number of morpholine rings is 1. The second kappa shape index (κ2) is 10.4. The summed E-state index contributed by atoms with van der Waals surface area (Å²) in [5, 5.41) is 10.1. The van der Waals surface area contributed by atoms with Crippen molar-refractivity contribution in [3.8, 4) is 17.2 Å². The number of aromatic nitrogens is 3. The van der Waals surface area contributed by atoms with Crippen LogP contribution < -0.4 is 10.5 Å². The highest BCUT2D eigenvalue weighted by Gasteiger charge is 2.19. The fourth-order valence-electron chi connectivity index (χ4n) is 4.85. The Morgan fingerprint density at radius 3 is 2.81 bits per heavy atom. The van der Waals surface area contributed by atoms with Gasteiger partial charge in [0, 0.05) is 49.0 Å². The van der Waals surface area contributed by atoms with Crippen molar-refractivity contribution in [2.75, 3.05) is 51.3 Å². The van der Waals surface area contributed by atoms with Crippen molar-refractivity contribution in [2.24, 2.45) is 0 Å². The van der Waals surface area contributed by atoms with Gasteiger partial charge in [-0.25, -0.2) is 4.98 Å². The van der Waals surface area contributed by atoms with Crippen LogP contribution in [0.25, 0.3) is 22.2 Å². The van der Waals surface area contributed by atoms with E-state index in [4.69, 9.17) is 10.00 Å². The summed E-state index contributed by atoms with van der Waals surface area (Å²) in [6.07, 6.45) is 5.66. The molecule has 0 aliphatic carbocycles. The molecule has 0 radical (unpaired) electrons. The van der Waals surface area contributed by atoms with Crippen LogP contribution in [0.4, 0.5) is 5.69 Å². The number of ether oxygens (including phenoxy) is 1. The van der Waals surface area contributed by atoms with Gasteiger partial charge in [0.05, 0.1) is 43.8 Å². The number of anilines is 1. The molecule has 36 heavy (non-hydrogen) atoms. The van der Waals surface area contributed by atoms with E-state index in [1.54, 1.807) is 10.6 Å². The number of hydrogen-bond acceptors (Lipinski definition) is 6. The van der Waals surface area contributed by atoms with E-state index < -0.39 is 0 Å². The van der Waals surface area contributed by atoms with Crippen molar-refractivity contribution in [3.63, 3.8) is 0 Å². The quantitative estimate of drug-likeness (QED) is 0.405. The van der Waals surface area contributed by atoms with Gasteiger partial charge in [0.1, 0.15) is 5.65 Å². The highest BCUT2D eigenvalue weighted by molar-refractivity contribution is 5.95. The number of likely N-dealkylation sites (N-methyl/N-ethyl adjacent to an activating group) is 1. The first-order valence-corrected chi connectivity index (χ1v) is 12.2. The molecule has 0 amide bonds. The van der Waals surface area contributed by atoms with E-state index in [9.17, 15) is 4.79 Å². The lowest BCUT2D eigenvalue weighted by Gasteiger charge is -2.28. The minimum atomic E-state index is -0.206.